The second-order valence-electron chi connectivity index (χ2n) is 5.24. The number of aromatic nitrogens is 1. The number of fused-ring (bicyclic) bond motifs is 1. The highest BCUT2D eigenvalue weighted by Gasteiger charge is 2.15. The molecule has 2 aromatic carbocycles. The molecule has 3 aromatic rings. The van der Waals surface area contributed by atoms with Gasteiger partial charge in [0.05, 0.1) is 5.52 Å². The lowest BCUT2D eigenvalue weighted by molar-refractivity contribution is 0.0695. The highest BCUT2D eigenvalue weighted by Crippen LogP contribution is 2.20. The quantitative estimate of drug-likeness (QED) is 0.736. The Morgan fingerprint density at radius 3 is 2.42 bits per heavy atom. The number of hydrogen-bond donors (Lipinski definition) is 1. The molecule has 0 aliphatic heterocycles. The van der Waals surface area contributed by atoms with E-state index in [0.717, 1.165) is 18.2 Å². The predicted molar refractivity (Wildman–Crippen MR) is 88.3 cm³/mol. The third-order valence-corrected chi connectivity index (χ3v) is 4.04. The molecule has 1 N–H and O–H groups in total. The number of rotatable bonds is 3. The average molecular weight is 394 g/mol. The van der Waals surface area contributed by atoms with Gasteiger partial charge in [-0.25, -0.2) is 13.6 Å². The SMILES string of the molecule is O=C(O)c1cn(Cc2cc(F)cc(F)c2)c2ccc(Br)cc2c1=O. The molecule has 0 fully saturated rings. The Morgan fingerprint density at radius 1 is 1.12 bits per heavy atom. The van der Waals surface area contributed by atoms with E-state index < -0.39 is 28.6 Å². The number of hydrogen-bond acceptors (Lipinski definition) is 2. The molecule has 24 heavy (non-hydrogen) atoms. The van der Waals surface area contributed by atoms with E-state index in [1.165, 1.54) is 16.8 Å². The molecular weight excluding hydrogens is 384 g/mol. The van der Waals surface area contributed by atoms with Crippen LogP contribution in [0.1, 0.15) is 15.9 Å². The van der Waals surface area contributed by atoms with Gasteiger partial charge in [-0.15, -0.1) is 0 Å². The average Bonchev–Trinajstić information content (AvgIpc) is 2.48. The molecule has 0 radical (unpaired) electrons. The summed E-state index contributed by atoms with van der Waals surface area (Å²) in [6.07, 6.45) is 1.18. The minimum absolute atomic E-state index is 0.0212. The minimum atomic E-state index is -1.36. The summed E-state index contributed by atoms with van der Waals surface area (Å²) in [5.74, 6) is -2.81. The summed E-state index contributed by atoms with van der Waals surface area (Å²) in [6, 6.07) is 7.94. The van der Waals surface area contributed by atoms with Gasteiger partial charge in [-0.2, -0.15) is 0 Å². The molecule has 0 atom stereocenters. The van der Waals surface area contributed by atoms with Crippen molar-refractivity contribution in [1.82, 2.24) is 4.57 Å². The first-order valence-corrected chi connectivity index (χ1v) is 7.65. The lowest BCUT2D eigenvalue weighted by Crippen LogP contribution is -2.19. The maximum Gasteiger partial charge on any atom is 0.341 e. The maximum atomic E-state index is 13.4. The Bertz CT molecular complexity index is 1010. The van der Waals surface area contributed by atoms with Crippen LogP contribution in [0, 0.1) is 11.6 Å². The fourth-order valence-electron chi connectivity index (χ4n) is 2.55. The monoisotopic (exact) mass is 393 g/mol. The second kappa shape index (κ2) is 6.16. The maximum absolute atomic E-state index is 13.4. The minimum Gasteiger partial charge on any atom is -0.477 e. The van der Waals surface area contributed by atoms with Crippen LogP contribution in [-0.2, 0) is 6.54 Å². The molecule has 0 bridgehead atoms. The van der Waals surface area contributed by atoms with Gasteiger partial charge in [0.2, 0.25) is 5.43 Å². The zero-order valence-electron chi connectivity index (χ0n) is 12.1. The van der Waals surface area contributed by atoms with Gasteiger partial charge >= 0.3 is 5.97 Å². The Balaban J connectivity index is 2.24. The number of carbonyl (C=O) groups is 1. The van der Waals surface area contributed by atoms with E-state index in [1.807, 2.05) is 0 Å². The van der Waals surface area contributed by atoms with E-state index in [-0.39, 0.29) is 11.9 Å². The highest BCUT2D eigenvalue weighted by atomic mass is 79.9. The first kappa shape index (κ1) is 16.3. The molecule has 122 valence electrons. The van der Waals surface area contributed by atoms with Gasteiger partial charge in [-0.1, -0.05) is 15.9 Å². The summed E-state index contributed by atoms with van der Waals surface area (Å²) in [6.45, 7) is 0.0212. The summed E-state index contributed by atoms with van der Waals surface area (Å²) < 4.78 is 28.8. The van der Waals surface area contributed by atoms with Crippen molar-refractivity contribution in [3.63, 3.8) is 0 Å². The number of aromatic carboxylic acids is 1. The summed E-state index contributed by atoms with van der Waals surface area (Å²) in [5.41, 5.74) is -0.229. The van der Waals surface area contributed by atoms with Crippen LogP contribution < -0.4 is 5.43 Å². The molecule has 0 unspecified atom stereocenters. The largest absolute Gasteiger partial charge is 0.477 e. The number of nitrogens with zero attached hydrogens (tertiary/aromatic N) is 1. The summed E-state index contributed by atoms with van der Waals surface area (Å²) >= 11 is 3.24. The first-order valence-electron chi connectivity index (χ1n) is 6.86. The topological polar surface area (TPSA) is 59.3 Å². The van der Waals surface area contributed by atoms with Gasteiger partial charge in [0.15, 0.2) is 0 Å². The number of benzene rings is 2. The van der Waals surface area contributed by atoms with Crippen LogP contribution in [0.3, 0.4) is 0 Å². The molecule has 0 aliphatic carbocycles. The second-order valence-corrected chi connectivity index (χ2v) is 6.16. The van der Waals surface area contributed by atoms with E-state index in [4.69, 9.17) is 0 Å². The van der Waals surface area contributed by atoms with E-state index in [9.17, 15) is 23.5 Å². The van der Waals surface area contributed by atoms with E-state index >= 15 is 0 Å². The lowest BCUT2D eigenvalue weighted by Gasteiger charge is -2.13. The summed E-state index contributed by atoms with van der Waals surface area (Å²) in [4.78, 5) is 23.6. The van der Waals surface area contributed by atoms with Crippen molar-refractivity contribution < 1.29 is 18.7 Å². The molecular formula is C17H10BrF2NO3. The van der Waals surface area contributed by atoms with Crippen molar-refractivity contribution in [3.8, 4) is 0 Å². The number of halogens is 3. The molecule has 7 heteroatoms. The number of pyridine rings is 1. The smallest absolute Gasteiger partial charge is 0.341 e. The standard InChI is InChI=1S/C17H10BrF2NO3/c18-10-1-2-15-13(5-10)16(22)14(17(23)24)8-21(15)7-9-3-11(19)6-12(20)4-9/h1-6,8H,7H2,(H,23,24). The van der Waals surface area contributed by atoms with Gasteiger partial charge in [0.1, 0.15) is 17.2 Å². The molecule has 4 nitrogen and oxygen atoms in total. The predicted octanol–water partition coefficient (Wildman–Crippen LogP) is 3.79. The Morgan fingerprint density at radius 2 is 1.79 bits per heavy atom. The van der Waals surface area contributed by atoms with Crippen LogP contribution in [0.25, 0.3) is 10.9 Å². The van der Waals surface area contributed by atoms with E-state index in [2.05, 4.69) is 15.9 Å². The van der Waals surface area contributed by atoms with E-state index in [1.54, 1.807) is 12.1 Å². The Hall–Kier alpha value is -2.54. The molecule has 0 saturated carbocycles. The van der Waals surface area contributed by atoms with Gasteiger partial charge in [0.25, 0.3) is 0 Å². The van der Waals surface area contributed by atoms with Crippen molar-refractivity contribution in [3.05, 3.63) is 80.1 Å². The molecule has 0 saturated heterocycles. The molecule has 0 aliphatic rings. The lowest BCUT2D eigenvalue weighted by atomic mass is 10.1. The fraction of sp³-hybridized carbons (Fsp3) is 0.0588. The molecule has 1 heterocycles. The normalized spacial score (nSPS) is 11.0. The van der Waals surface area contributed by atoms with Crippen LogP contribution in [0.5, 0.6) is 0 Å². The molecule has 3 rings (SSSR count). The molecule has 0 amide bonds. The van der Waals surface area contributed by atoms with Gasteiger partial charge < -0.3 is 9.67 Å². The third-order valence-electron chi connectivity index (χ3n) is 3.55. The van der Waals surface area contributed by atoms with Crippen molar-refractivity contribution in [2.24, 2.45) is 0 Å². The highest BCUT2D eigenvalue weighted by molar-refractivity contribution is 9.10. The molecule has 1 aromatic heterocycles. The van der Waals surface area contributed by atoms with Crippen molar-refractivity contribution in [2.75, 3.05) is 0 Å². The van der Waals surface area contributed by atoms with Crippen LogP contribution >= 0.6 is 15.9 Å². The fourth-order valence-corrected chi connectivity index (χ4v) is 2.91. The van der Waals surface area contributed by atoms with Crippen molar-refractivity contribution >= 4 is 32.8 Å². The van der Waals surface area contributed by atoms with Crippen LogP contribution in [-0.4, -0.2) is 15.6 Å². The van der Waals surface area contributed by atoms with E-state index in [0.29, 0.717) is 15.6 Å². The Labute approximate surface area is 143 Å². The first-order chi connectivity index (χ1) is 11.3. The number of carboxylic acids is 1. The van der Waals surface area contributed by atoms with Crippen LogP contribution in [0.15, 0.2) is 51.9 Å². The van der Waals surface area contributed by atoms with Crippen molar-refractivity contribution in [1.29, 1.82) is 0 Å². The zero-order valence-corrected chi connectivity index (χ0v) is 13.7. The summed E-state index contributed by atoms with van der Waals surface area (Å²) in [7, 11) is 0. The molecule has 0 spiro atoms. The van der Waals surface area contributed by atoms with Gasteiger partial charge in [-0.3, -0.25) is 4.79 Å². The van der Waals surface area contributed by atoms with Crippen LogP contribution in [0.2, 0.25) is 0 Å². The number of carboxylic acid groups (broad SMARTS) is 1. The zero-order chi connectivity index (χ0) is 17.4. The van der Waals surface area contributed by atoms with Gasteiger partial charge in [-0.05, 0) is 35.9 Å². The Kier molecular flexibility index (Phi) is 4.19. The third kappa shape index (κ3) is 3.07. The van der Waals surface area contributed by atoms with Crippen LogP contribution in [0.4, 0.5) is 8.78 Å². The van der Waals surface area contributed by atoms with Gasteiger partial charge in [0, 0.05) is 28.7 Å². The summed E-state index contributed by atoms with van der Waals surface area (Å²) in [5, 5.41) is 9.44. The van der Waals surface area contributed by atoms with Crippen molar-refractivity contribution in [2.45, 2.75) is 6.54 Å².